The van der Waals surface area contributed by atoms with Gasteiger partial charge in [-0.05, 0) is 32.4 Å². The van der Waals surface area contributed by atoms with Crippen molar-refractivity contribution in [2.24, 2.45) is 0 Å². The number of nitrogens with zero attached hydrogens (tertiary/aromatic N) is 3. The Labute approximate surface area is 138 Å². The molecule has 2 heterocycles. The van der Waals surface area contributed by atoms with Crippen LogP contribution in [0.1, 0.15) is 32.8 Å². The minimum absolute atomic E-state index is 0.0361. The molecule has 1 aliphatic heterocycles. The number of aliphatic hydroxyl groups is 1. The maximum Gasteiger partial charge on any atom is 0.134 e. The highest BCUT2D eigenvalue weighted by molar-refractivity contribution is 5.81. The minimum atomic E-state index is 0.0361. The van der Waals surface area contributed by atoms with Gasteiger partial charge >= 0.3 is 0 Å². The van der Waals surface area contributed by atoms with Gasteiger partial charge in [0.25, 0.3) is 0 Å². The highest BCUT2D eigenvalue weighted by atomic mass is 16.3. The number of anilines is 1. The average Bonchev–Trinajstić information content (AvgIpc) is 2.59. The normalized spacial score (nSPS) is 19.7. The lowest BCUT2D eigenvalue weighted by atomic mass is 10.1. The standard InChI is InChI=1S/C19H27N3O/c1-4-17-12-21(9-10-22(17)14(2)3)19-16(13-23)11-15-7-5-6-8-18(15)20-19/h5-8,11,14,17,23H,4,9-10,12-13H2,1-3H3/t17-/m0/s1. The lowest BCUT2D eigenvalue weighted by molar-refractivity contribution is 0.133. The highest BCUT2D eigenvalue weighted by Crippen LogP contribution is 2.27. The maximum absolute atomic E-state index is 9.79. The topological polar surface area (TPSA) is 39.6 Å². The summed E-state index contributed by atoms with van der Waals surface area (Å²) in [6, 6.07) is 11.3. The molecule has 1 aromatic carbocycles. The van der Waals surface area contributed by atoms with Crippen LogP contribution in [0.5, 0.6) is 0 Å². The molecule has 1 aliphatic rings. The van der Waals surface area contributed by atoms with Gasteiger partial charge in [0.05, 0.1) is 12.1 Å². The smallest absolute Gasteiger partial charge is 0.134 e. The summed E-state index contributed by atoms with van der Waals surface area (Å²) in [5.41, 5.74) is 1.93. The van der Waals surface area contributed by atoms with E-state index in [1.54, 1.807) is 0 Å². The number of hydrogen-bond donors (Lipinski definition) is 1. The van der Waals surface area contributed by atoms with Gasteiger partial charge in [-0.3, -0.25) is 4.90 Å². The van der Waals surface area contributed by atoms with E-state index in [1.807, 2.05) is 18.2 Å². The Morgan fingerprint density at radius 2 is 2.04 bits per heavy atom. The van der Waals surface area contributed by atoms with Gasteiger partial charge in [0.2, 0.25) is 0 Å². The monoisotopic (exact) mass is 313 g/mol. The Hall–Kier alpha value is -1.65. The maximum atomic E-state index is 9.79. The van der Waals surface area contributed by atoms with Crippen LogP contribution in [0.4, 0.5) is 5.82 Å². The molecule has 4 heteroatoms. The van der Waals surface area contributed by atoms with Gasteiger partial charge in [0.15, 0.2) is 0 Å². The van der Waals surface area contributed by atoms with Gasteiger partial charge in [-0.1, -0.05) is 25.1 Å². The minimum Gasteiger partial charge on any atom is -0.392 e. The van der Waals surface area contributed by atoms with Crippen LogP contribution in [0, 0.1) is 0 Å². The van der Waals surface area contributed by atoms with E-state index < -0.39 is 0 Å². The lowest BCUT2D eigenvalue weighted by Gasteiger charge is -2.44. The molecule has 0 saturated carbocycles. The van der Waals surface area contributed by atoms with Crippen molar-refractivity contribution in [2.75, 3.05) is 24.5 Å². The van der Waals surface area contributed by atoms with E-state index in [2.05, 4.69) is 42.7 Å². The van der Waals surface area contributed by atoms with E-state index in [0.717, 1.165) is 48.3 Å². The van der Waals surface area contributed by atoms with Crippen LogP contribution in [0.3, 0.4) is 0 Å². The molecule has 1 aromatic heterocycles. The third kappa shape index (κ3) is 3.19. The fraction of sp³-hybridized carbons (Fsp3) is 0.526. The predicted molar refractivity (Wildman–Crippen MR) is 95.8 cm³/mol. The van der Waals surface area contributed by atoms with Crippen molar-refractivity contribution in [3.05, 3.63) is 35.9 Å². The number of aliphatic hydroxyl groups excluding tert-OH is 1. The molecule has 124 valence electrons. The Morgan fingerprint density at radius 1 is 1.26 bits per heavy atom. The summed E-state index contributed by atoms with van der Waals surface area (Å²) >= 11 is 0. The second kappa shape index (κ2) is 6.85. The molecule has 0 bridgehead atoms. The molecule has 2 aromatic rings. The van der Waals surface area contributed by atoms with E-state index in [4.69, 9.17) is 4.98 Å². The van der Waals surface area contributed by atoms with Gasteiger partial charge in [-0.25, -0.2) is 4.98 Å². The number of hydrogen-bond acceptors (Lipinski definition) is 4. The Bertz CT molecular complexity index is 671. The number of aromatic nitrogens is 1. The summed E-state index contributed by atoms with van der Waals surface area (Å²) in [6.45, 7) is 9.83. The molecule has 1 saturated heterocycles. The van der Waals surface area contributed by atoms with Crippen molar-refractivity contribution in [3.63, 3.8) is 0 Å². The van der Waals surface area contributed by atoms with Crippen LogP contribution >= 0.6 is 0 Å². The molecule has 1 atom stereocenters. The van der Waals surface area contributed by atoms with E-state index in [-0.39, 0.29) is 6.61 Å². The third-order valence-electron chi connectivity index (χ3n) is 4.91. The first-order valence-corrected chi connectivity index (χ1v) is 8.64. The van der Waals surface area contributed by atoms with E-state index in [9.17, 15) is 5.11 Å². The van der Waals surface area contributed by atoms with Crippen LogP contribution in [-0.4, -0.2) is 46.7 Å². The van der Waals surface area contributed by atoms with Crippen molar-refractivity contribution in [1.82, 2.24) is 9.88 Å². The SMILES string of the molecule is CC[C@H]1CN(c2nc3ccccc3cc2CO)CCN1C(C)C. The molecule has 4 nitrogen and oxygen atoms in total. The van der Waals surface area contributed by atoms with E-state index in [0.29, 0.717) is 12.1 Å². The van der Waals surface area contributed by atoms with Crippen molar-refractivity contribution in [2.45, 2.75) is 45.9 Å². The lowest BCUT2D eigenvalue weighted by Crippen LogP contribution is -2.55. The van der Waals surface area contributed by atoms with Gasteiger partial charge in [0, 0.05) is 42.7 Å². The van der Waals surface area contributed by atoms with Crippen LogP contribution in [0.25, 0.3) is 10.9 Å². The summed E-state index contributed by atoms with van der Waals surface area (Å²) in [7, 11) is 0. The number of benzene rings is 1. The summed E-state index contributed by atoms with van der Waals surface area (Å²) in [5, 5.41) is 10.9. The second-order valence-corrected chi connectivity index (χ2v) is 6.66. The Morgan fingerprint density at radius 3 is 2.74 bits per heavy atom. The molecule has 0 radical (unpaired) electrons. The molecule has 0 unspecified atom stereocenters. The molecule has 0 amide bonds. The summed E-state index contributed by atoms with van der Waals surface area (Å²) < 4.78 is 0. The zero-order chi connectivity index (χ0) is 16.4. The van der Waals surface area contributed by atoms with Gasteiger partial charge in [-0.2, -0.15) is 0 Å². The molecule has 1 fully saturated rings. The zero-order valence-electron chi connectivity index (χ0n) is 14.4. The second-order valence-electron chi connectivity index (χ2n) is 6.66. The van der Waals surface area contributed by atoms with E-state index >= 15 is 0 Å². The van der Waals surface area contributed by atoms with Crippen LogP contribution in [-0.2, 0) is 6.61 Å². The fourth-order valence-electron chi connectivity index (χ4n) is 3.64. The molecule has 0 aliphatic carbocycles. The van der Waals surface area contributed by atoms with Gasteiger partial charge in [0.1, 0.15) is 5.82 Å². The number of para-hydroxylation sites is 1. The highest BCUT2D eigenvalue weighted by Gasteiger charge is 2.29. The Balaban J connectivity index is 1.93. The van der Waals surface area contributed by atoms with Crippen molar-refractivity contribution >= 4 is 16.7 Å². The summed E-state index contributed by atoms with van der Waals surface area (Å²) in [5.74, 6) is 0.952. The molecular weight excluding hydrogens is 286 g/mol. The van der Waals surface area contributed by atoms with E-state index in [1.165, 1.54) is 0 Å². The first-order valence-electron chi connectivity index (χ1n) is 8.64. The van der Waals surface area contributed by atoms with Gasteiger partial charge < -0.3 is 10.0 Å². The first-order chi connectivity index (χ1) is 11.1. The quantitative estimate of drug-likeness (QED) is 0.942. The molecule has 23 heavy (non-hydrogen) atoms. The fourth-order valence-corrected chi connectivity index (χ4v) is 3.64. The van der Waals surface area contributed by atoms with Crippen LogP contribution in [0.15, 0.2) is 30.3 Å². The van der Waals surface area contributed by atoms with Crippen LogP contribution in [0.2, 0.25) is 0 Å². The Kier molecular flexibility index (Phi) is 4.83. The zero-order valence-corrected chi connectivity index (χ0v) is 14.4. The summed E-state index contributed by atoms with van der Waals surface area (Å²) in [4.78, 5) is 9.79. The first kappa shape index (κ1) is 16.2. The number of piperazine rings is 1. The number of pyridine rings is 1. The predicted octanol–water partition coefficient (Wildman–Crippen LogP) is 3.04. The molecular formula is C19H27N3O. The summed E-state index contributed by atoms with van der Waals surface area (Å²) in [6.07, 6.45) is 1.14. The number of rotatable bonds is 4. The van der Waals surface area contributed by atoms with Crippen molar-refractivity contribution < 1.29 is 5.11 Å². The van der Waals surface area contributed by atoms with Crippen molar-refractivity contribution in [1.29, 1.82) is 0 Å². The number of fused-ring (bicyclic) bond motifs is 1. The molecule has 1 N–H and O–H groups in total. The van der Waals surface area contributed by atoms with Crippen molar-refractivity contribution in [3.8, 4) is 0 Å². The largest absolute Gasteiger partial charge is 0.392 e. The molecule has 3 rings (SSSR count). The van der Waals surface area contributed by atoms with Gasteiger partial charge in [-0.15, -0.1) is 0 Å². The van der Waals surface area contributed by atoms with Crippen LogP contribution < -0.4 is 4.90 Å². The average molecular weight is 313 g/mol. The third-order valence-corrected chi connectivity index (χ3v) is 4.91. The molecule has 0 spiro atoms.